The maximum Gasteiger partial charge on any atom is 0.194 e. The van der Waals surface area contributed by atoms with E-state index >= 15 is 0 Å². The molecular weight excluding hydrogens is 297 g/mol. The second-order valence-corrected chi connectivity index (χ2v) is 7.37. The molecule has 3 heteroatoms. The Morgan fingerprint density at radius 3 is 2.30 bits per heavy atom. The highest BCUT2D eigenvalue weighted by Crippen LogP contribution is 2.48. The fourth-order valence-corrected chi connectivity index (χ4v) is 4.72. The van der Waals surface area contributed by atoms with Gasteiger partial charge in [-0.2, -0.15) is 0 Å². The lowest BCUT2D eigenvalue weighted by Crippen LogP contribution is -2.30. The maximum atomic E-state index is 13.5. The van der Waals surface area contributed by atoms with E-state index in [0.717, 1.165) is 37.5 Å². The molecule has 3 rings (SSSR count). The van der Waals surface area contributed by atoms with E-state index in [-0.39, 0.29) is 5.92 Å². The molecule has 2 fully saturated rings. The molecule has 1 aromatic carbocycles. The van der Waals surface area contributed by atoms with Gasteiger partial charge in [0.1, 0.15) is 0 Å². The van der Waals surface area contributed by atoms with Crippen molar-refractivity contribution in [2.45, 2.75) is 57.3 Å². The van der Waals surface area contributed by atoms with E-state index in [0.29, 0.717) is 11.5 Å². The van der Waals surface area contributed by atoms with Crippen LogP contribution < -0.4 is 0 Å². The summed E-state index contributed by atoms with van der Waals surface area (Å²) in [6, 6.07) is 2.39. The van der Waals surface area contributed by atoms with Crippen LogP contribution in [-0.2, 0) is 0 Å². The average Bonchev–Trinajstić information content (AvgIpc) is 2.56. The molecule has 0 aliphatic heterocycles. The fraction of sp³-hybridized carbons (Fsp3) is 0.600. The van der Waals surface area contributed by atoms with Crippen LogP contribution >= 0.6 is 0 Å². The van der Waals surface area contributed by atoms with Crippen LogP contribution in [0.3, 0.4) is 0 Å². The predicted octanol–water partition coefficient (Wildman–Crippen LogP) is 6.37. The van der Waals surface area contributed by atoms with Crippen LogP contribution in [0.2, 0.25) is 0 Å². The summed E-state index contributed by atoms with van der Waals surface area (Å²) in [6.45, 7) is 3.80. The number of hydrogen-bond donors (Lipinski definition) is 0. The third kappa shape index (κ3) is 3.64. The Kier molecular flexibility index (Phi) is 5.13. The van der Waals surface area contributed by atoms with Crippen molar-refractivity contribution in [1.29, 1.82) is 0 Å². The van der Waals surface area contributed by atoms with E-state index in [2.05, 4.69) is 6.58 Å². The first-order chi connectivity index (χ1) is 11.1. The molecule has 23 heavy (non-hydrogen) atoms. The molecule has 2 saturated carbocycles. The minimum absolute atomic E-state index is 0.172. The monoisotopic (exact) mass is 322 g/mol. The Balaban J connectivity index is 1.64. The highest BCUT2D eigenvalue weighted by molar-refractivity contribution is 5.24. The quantitative estimate of drug-likeness (QED) is 0.446. The van der Waals surface area contributed by atoms with Crippen LogP contribution in [-0.4, -0.2) is 0 Å². The molecule has 126 valence electrons. The molecular formula is C20H25F3. The standard InChI is InChI=1S/C20H25F3/c1-2-3-4-13-5-6-15-10-16(8-7-14(15)9-13)17-11-18(21)20(23)19(22)12-17/h2,11-16H,1,3-10H2. The third-order valence-electron chi connectivity index (χ3n) is 5.98. The van der Waals surface area contributed by atoms with Crippen LogP contribution in [0, 0.1) is 35.2 Å². The Morgan fingerprint density at radius 1 is 0.957 bits per heavy atom. The zero-order valence-electron chi connectivity index (χ0n) is 13.5. The van der Waals surface area contributed by atoms with Crippen molar-refractivity contribution < 1.29 is 13.2 Å². The van der Waals surface area contributed by atoms with Crippen molar-refractivity contribution in [1.82, 2.24) is 0 Å². The maximum absolute atomic E-state index is 13.5. The lowest BCUT2D eigenvalue weighted by atomic mass is 9.63. The van der Waals surface area contributed by atoms with Gasteiger partial charge in [-0.15, -0.1) is 6.58 Å². The Bertz CT molecular complexity index is 543. The average molecular weight is 322 g/mol. The lowest BCUT2D eigenvalue weighted by Gasteiger charge is -2.42. The molecule has 0 aromatic heterocycles. The van der Waals surface area contributed by atoms with Gasteiger partial charge in [0.15, 0.2) is 17.5 Å². The van der Waals surface area contributed by atoms with Gasteiger partial charge < -0.3 is 0 Å². The highest BCUT2D eigenvalue weighted by Gasteiger charge is 2.36. The van der Waals surface area contributed by atoms with Crippen molar-refractivity contribution in [3.8, 4) is 0 Å². The molecule has 0 radical (unpaired) electrons. The summed E-state index contributed by atoms with van der Waals surface area (Å²) < 4.78 is 40.1. The number of fused-ring (bicyclic) bond motifs is 1. The first-order valence-electron chi connectivity index (χ1n) is 8.83. The van der Waals surface area contributed by atoms with Crippen LogP contribution in [0.15, 0.2) is 24.8 Å². The summed E-state index contributed by atoms with van der Waals surface area (Å²) in [7, 11) is 0. The SMILES string of the molecule is C=CCCC1CCC2CC(c3cc(F)c(F)c(F)c3)CCC2C1. The van der Waals surface area contributed by atoms with E-state index in [1.807, 2.05) is 6.08 Å². The third-order valence-corrected chi connectivity index (χ3v) is 5.98. The van der Waals surface area contributed by atoms with Gasteiger partial charge in [0, 0.05) is 0 Å². The van der Waals surface area contributed by atoms with E-state index in [9.17, 15) is 13.2 Å². The van der Waals surface area contributed by atoms with Crippen molar-refractivity contribution in [2.75, 3.05) is 0 Å². The second kappa shape index (κ2) is 7.11. The van der Waals surface area contributed by atoms with Crippen LogP contribution in [0.1, 0.15) is 62.8 Å². The number of hydrogen-bond acceptors (Lipinski definition) is 0. The van der Waals surface area contributed by atoms with Gasteiger partial charge in [0.2, 0.25) is 0 Å². The first kappa shape index (κ1) is 16.6. The van der Waals surface area contributed by atoms with E-state index in [1.54, 1.807) is 0 Å². The Morgan fingerprint density at radius 2 is 1.61 bits per heavy atom. The lowest BCUT2D eigenvalue weighted by molar-refractivity contribution is 0.114. The normalized spacial score (nSPS) is 30.7. The molecule has 0 saturated heterocycles. The van der Waals surface area contributed by atoms with E-state index in [1.165, 1.54) is 37.8 Å². The fourth-order valence-electron chi connectivity index (χ4n) is 4.72. The van der Waals surface area contributed by atoms with Crippen molar-refractivity contribution in [2.24, 2.45) is 17.8 Å². The topological polar surface area (TPSA) is 0 Å². The predicted molar refractivity (Wildman–Crippen MR) is 86.7 cm³/mol. The van der Waals surface area contributed by atoms with Crippen LogP contribution in [0.5, 0.6) is 0 Å². The number of benzene rings is 1. The zero-order valence-corrected chi connectivity index (χ0v) is 13.5. The minimum atomic E-state index is -1.36. The summed E-state index contributed by atoms with van der Waals surface area (Å²) in [6.07, 6.45) is 11.2. The van der Waals surface area contributed by atoms with Gasteiger partial charge in [-0.3, -0.25) is 0 Å². The van der Waals surface area contributed by atoms with Gasteiger partial charge in [-0.25, -0.2) is 13.2 Å². The molecule has 2 aliphatic carbocycles. The molecule has 4 atom stereocenters. The zero-order chi connectivity index (χ0) is 16.4. The number of halogens is 3. The minimum Gasteiger partial charge on any atom is -0.204 e. The molecule has 1 aromatic rings. The molecule has 0 nitrogen and oxygen atoms in total. The molecule has 4 unspecified atom stereocenters. The van der Waals surface area contributed by atoms with Crippen LogP contribution in [0.4, 0.5) is 13.2 Å². The molecule has 2 aliphatic rings. The Labute approximate surface area is 136 Å². The first-order valence-corrected chi connectivity index (χ1v) is 8.83. The van der Waals surface area contributed by atoms with E-state index < -0.39 is 17.5 Å². The molecule has 0 bridgehead atoms. The second-order valence-electron chi connectivity index (χ2n) is 7.37. The smallest absolute Gasteiger partial charge is 0.194 e. The summed E-state index contributed by atoms with van der Waals surface area (Å²) in [5.41, 5.74) is 0.633. The number of allylic oxidation sites excluding steroid dienone is 1. The van der Waals surface area contributed by atoms with Crippen LogP contribution in [0.25, 0.3) is 0 Å². The summed E-state index contributed by atoms with van der Waals surface area (Å²) in [4.78, 5) is 0. The summed E-state index contributed by atoms with van der Waals surface area (Å²) >= 11 is 0. The molecule has 0 heterocycles. The largest absolute Gasteiger partial charge is 0.204 e. The van der Waals surface area contributed by atoms with Gasteiger partial charge in [0.25, 0.3) is 0 Å². The number of rotatable bonds is 4. The molecule has 0 spiro atoms. The van der Waals surface area contributed by atoms with Crippen molar-refractivity contribution in [3.05, 3.63) is 47.8 Å². The van der Waals surface area contributed by atoms with Crippen molar-refractivity contribution >= 4 is 0 Å². The van der Waals surface area contributed by atoms with Crippen molar-refractivity contribution in [3.63, 3.8) is 0 Å². The van der Waals surface area contributed by atoms with Gasteiger partial charge >= 0.3 is 0 Å². The van der Waals surface area contributed by atoms with Gasteiger partial charge in [-0.1, -0.05) is 12.5 Å². The van der Waals surface area contributed by atoms with Gasteiger partial charge in [0.05, 0.1) is 0 Å². The molecule has 0 N–H and O–H groups in total. The van der Waals surface area contributed by atoms with Gasteiger partial charge in [-0.05, 0) is 86.3 Å². The summed E-state index contributed by atoms with van der Waals surface area (Å²) in [5.74, 6) is -1.08. The summed E-state index contributed by atoms with van der Waals surface area (Å²) in [5, 5.41) is 0. The molecule has 0 amide bonds. The Hall–Kier alpha value is -1.25. The van der Waals surface area contributed by atoms with E-state index in [4.69, 9.17) is 0 Å². The highest BCUT2D eigenvalue weighted by atomic mass is 19.2.